The number of aromatic nitrogens is 2. The van der Waals surface area contributed by atoms with Gasteiger partial charge in [0.05, 0.1) is 10.6 Å². The average molecular weight is 392 g/mol. The molecule has 2 aromatic rings. The maximum absolute atomic E-state index is 12.8. The van der Waals surface area contributed by atoms with Crippen LogP contribution in [0.1, 0.15) is 36.2 Å². The number of hydrogen-bond acceptors (Lipinski definition) is 5. The van der Waals surface area contributed by atoms with Gasteiger partial charge in [0.1, 0.15) is 0 Å². The van der Waals surface area contributed by atoms with Gasteiger partial charge in [-0.15, -0.1) is 12.4 Å². The number of benzene rings is 1. The highest BCUT2D eigenvalue weighted by Gasteiger charge is 2.36. The van der Waals surface area contributed by atoms with Gasteiger partial charge >= 0.3 is 0 Å². The van der Waals surface area contributed by atoms with E-state index in [1.54, 1.807) is 29.1 Å². The number of non-ortho nitro benzene ring substituents is 1. The molecule has 1 amide bonds. The van der Waals surface area contributed by atoms with E-state index in [9.17, 15) is 14.9 Å². The van der Waals surface area contributed by atoms with Crippen molar-refractivity contribution in [1.29, 1.82) is 0 Å². The Hall–Kier alpha value is -2.45. The van der Waals surface area contributed by atoms with Gasteiger partial charge in [0.25, 0.3) is 11.6 Å². The lowest BCUT2D eigenvalue weighted by atomic mass is 9.98. The molecule has 27 heavy (non-hydrogen) atoms. The molecule has 2 saturated heterocycles. The summed E-state index contributed by atoms with van der Waals surface area (Å²) >= 11 is 0. The lowest BCUT2D eigenvalue weighted by Gasteiger charge is -2.35. The number of hydrogen-bond donors (Lipinski definition) is 1. The van der Waals surface area contributed by atoms with Crippen molar-refractivity contribution in [2.24, 2.45) is 0 Å². The summed E-state index contributed by atoms with van der Waals surface area (Å²) < 4.78 is 1.57. The smallest absolute Gasteiger partial charge is 0.274 e. The monoisotopic (exact) mass is 391 g/mol. The van der Waals surface area contributed by atoms with Crippen molar-refractivity contribution in [1.82, 2.24) is 20.0 Å². The zero-order valence-corrected chi connectivity index (χ0v) is 15.8. The molecule has 2 aliphatic heterocycles. The molecule has 1 aromatic heterocycles. The minimum absolute atomic E-state index is 0. The summed E-state index contributed by atoms with van der Waals surface area (Å²) in [6.45, 7) is 0. The molecule has 2 unspecified atom stereocenters. The predicted molar refractivity (Wildman–Crippen MR) is 103 cm³/mol. The van der Waals surface area contributed by atoms with E-state index in [1.165, 1.54) is 25.0 Å². The van der Waals surface area contributed by atoms with E-state index in [2.05, 4.69) is 10.4 Å². The Labute approximate surface area is 163 Å². The molecule has 3 heterocycles. The molecular weight excluding hydrogens is 370 g/mol. The summed E-state index contributed by atoms with van der Waals surface area (Å²) in [5, 5.41) is 18.7. The topological polar surface area (TPSA) is 93.3 Å². The molecule has 4 rings (SSSR count). The van der Waals surface area contributed by atoms with Gasteiger partial charge in [-0.05, 0) is 43.9 Å². The molecule has 2 atom stereocenters. The van der Waals surface area contributed by atoms with E-state index in [0.29, 0.717) is 23.5 Å². The number of nitro groups is 1. The van der Waals surface area contributed by atoms with Gasteiger partial charge in [-0.1, -0.05) is 0 Å². The number of piperidine rings is 1. The highest BCUT2D eigenvalue weighted by Crippen LogP contribution is 2.29. The summed E-state index contributed by atoms with van der Waals surface area (Å²) in [6.07, 6.45) is 6.06. The zero-order valence-electron chi connectivity index (χ0n) is 14.9. The van der Waals surface area contributed by atoms with Crippen LogP contribution in [0.15, 0.2) is 36.5 Å². The van der Waals surface area contributed by atoms with Crippen molar-refractivity contribution in [3.63, 3.8) is 0 Å². The van der Waals surface area contributed by atoms with E-state index in [1.807, 2.05) is 11.9 Å². The van der Waals surface area contributed by atoms with E-state index in [0.717, 1.165) is 12.8 Å². The number of carbonyl (C=O) groups excluding carboxylic acids is 1. The third-order valence-corrected chi connectivity index (χ3v) is 5.45. The molecule has 0 spiro atoms. The minimum Gasteiger partial charge on any atom is -0.337 e. The largest absolute Gasteiger partial charge is 0.337 e. The van der Waals surface area contributed by atoms with Crippen molar-refractivity contribution < 1.29 is 9.72 Å². The Morgan fingerprint density at radius 1 is 1.22 bits per heavy atom. The van der Waals surface area contributed by atoms with Gasteiger partial charge in [0.15, 0.2) is 5.69 Å². The first-order valence-electron chi connectivity index (χ1n) is 8.85. The summed E-state index contributed by atoms with van der Waals surface area (Å²) in [5.41, 5.74) is 1.09. The Bertz CT molecular complexity index is 826. The van der Waals surface area contributed by atoms with Crippen LogP contribution in [0, 0.1) is 10.1 Å². The average Bonchev–Trinajstić information content (AvgIpc) is 3.27. The summed E-state index contributed by atoms with van der Waals surface area (Å²) in [6, 6.07) is 9.06. The fourth-order valence-corrected chi connectivity index (χ4v) is 4.00. The molecule has 2 bridgehead atoms. The normalized spacial score (nSPS) is 23.5. The number of nitrogens with zero attached hydrogens (tertiary/aromatic N) is 4. The number of amides is 1. The van der Waals surface area contributed by atoms with Crippen LogP contribution in [0.25, 0.3) is 5.69 Å². The van der Waals surface area contributed by atoms with E-state index < -0.39 is 4.92 Å². The van der Waals surface area contributed by atoms with Gasteiger partial charge in [-0.3, -0.25) is 14.9 Å². The maximum atomic E-state index is 12.8. The second-order valence-electron chi connectivity index (χ2n) is 7.10. The number of halogens is 1. The Morgan fingerprint density at radius 3 is 2.44 bits per heavy atom. The molecule has 1 N–H and O–H groups in total. The van der Waals surface area contributed by atoms with Crippen LogP contribution in [0.2, 0.25) is 0 Å². The fraction of sp³-hybridized carbons (Fsp3) is 0.444. The third-order valence-electron chi connectivity index (χ3n) is 5.45. The van der Waals surface area contributed by atoms with Gasteiger partial charge in [0, 0.05) is 43.5 Å². The molecule has 8 nitrogen and oxygen atoms in total. The molecule has 1 aromatic carbocycles. The van der Waals surface area contributed by atoms with E-state index in [4.69, 9.17) is 0 Å². The number of fused-ring (bicyclic) bond motifs is 2. The van der Waals surface area contributed by atoms with E-state index in [-0.39, 0.29) is 30.0 Å². The first kappa shape index (κ1) is 19.3. The van der Waals surface area contributed by atoms with Crippen LogP contribution in [-0.2, 0) is 0 Å². The number of rotatable bonds is 4. The second-order valence-corrected chi connectivity index (χ2v) is 7.10. The van der Waals surface area contributed by atoms with E-state index >= 15 is 0 Å². The van der Waals surface area contributed by atoms with Crippen LogP contribution in [-0.4, -0.2) is 50.7 Å². The zero-order chi connectivity index (χ0) is 18.3. The molecule has 0 radical (unpaired) electrons. The molecule has 0 saturated carbocycles. The van der Waals surface area contributed by atoms with Crippen LogP contribution in [0.3, 0.4) is 0 Å². The van der Waals surface area contributed by atoms with Crippen molar-refractivity contribution >= 4 is 24.0 Å². The maximum Gasteiger partial charge on any atom is 0.274 e. The first-order valence-corrected chi connectivity index (χ1v) is 8.85. The molecule has 2 fully saturated rings. The molecule has 9 heteroatoms. The lowest BCUT2D eigenvalue weighted by molar-refractivity contribution is -0.384. The Balaban J connectivity index is 0.00000210. The van der Waals surface area contributed by atoms with Gasteiger partial charge in [-0.2, -0.15) is 5.10 Å². The standard InChI is InChI=1S/C18H21N5O3.ClH/c1-21(16-10-12-2-3-13(11-16)19-12)18(24)17-8-9-22(20-17)14-4-6-15(7-5-14)23(25)26;/h4-9,12-13,16,19H,2-3,10-11H2,1H3;1H. The van der Waals surface area contributed by atoms with Crippen molar-refractivity contribution in [2.45, 2.75) is 43.8 Å². The van der Waals surface area contributed by atoms with Crippen molar-refractivity contribution in [3.8, 4) is 5.69 Å². The Morgan fingerprint density at radius 2 is 1.85 bits per heavy atom. The SMILES string of the molecule is CN(C(=O)c1ccn(-c2ccc([N+](=O)[O-])cc2)n1)C1CC2CCC(C1)N2.Cl. The summed E-state index contributed by atoms with van der Waals surface area (Å²) in [4.78, 5) is 24.9. The molecule has 0 aliphatic carbocycles. The second kappa shape index (κ2) is 7.66. The van der Waals surface area contributed by atoms with Crippen LogP contribution < -0.4 is 5.32 Å². The van der Waals surface area contributed by atoms with Gasteiger partial charge < -0.3 is 10.2 Å². The molecule has 144 valence electrons. The van der Waals surface area contributed by atoms with Gasteiger partial charge in [-0.25, -0.2) is 4.68 Å². The fourth-order valence-electron chi connectivity index (χ4n) is 4.00. The number of nitrogens with one attached hydrogen (secondary N) is 1. The molecule has 2 aliphatic rings. The summed E-state index contributed by atoms with van der Waals surface area (Å²) in [5.74, 6) is -0.0861. The van der Waals surface area contributed by atoms with Crippen molar-refractivity contribution in [3.05, 3.63) is 52.3 Å². The Kier molecular flexibility index (Phi) is 5.48. The third kappa shape index (κ3) is 3.81. The van der Waals surface area contributed by atoms with Crippen LogP contribution in [0.5, 0.6) is 0 Å². The highest BCUT2D eigenvalue weighted by molar-refractivity contribution is 5.92. The lowest BCUT2D eigenvalue weighted by Crippen LogP contribution is -2.48. The quantitative estimate of drug-likeness (QED) is 0.638. The summed E-state index contributed by atoms with van der Waals surface area (Å²) in [7, 11) is 1.85. The number of nitro benzene ring substituents is 1. The first-order chi connectivity index (χ1) is 12.5. The van der Waals surface area contributed by atoms with Crippen LogP contribution in [0.4, 0.5) is 5.69 Å². The van der Waals surface area contributed by atoms with Gasteiger partial charge in [0.2, 0.25) is 0 Å². The number of carbonyl (C=O) groups is 1. The predicted octanol–water partition coefficient (Wildman–Crippen LogP) is 2.56. The molecular formula is C18H22ClN5O3. The van der Waals surface area contributed by atoms with Crippen molar-refractivity contribution in [2.75, 3.05) is 7.05 Å². The highest BCUT2D eigenvalue weighted by atomic mass is 35.5. The minimum atomic E-state index is -0.442. The van der Waals surface area contributed by atoms with Crippen LogP contribution >= 0.6 is 12.4 Å².